The zero-order valence-electron chi connectivity index (χ0n) is 16.7. The van der Waals surface area contributed by atoms with E-state index in [0.717, 1.165) is 18.5 Å². The number of rotatable bonds is 5. The van der Waals surface area contributed by atoms with Crippen LogP contribution in [0.3, 0.4) is 0 Å². The zero-order valence-corrected chi connectivity index (χ0v) is 16.7. The lowest BCUT2D eigenvalue weighted by Crippen LogP contribution is -2.41. The number of carbonyl (C=O) groups is 2. The summed E-state index contributed by atoms with van der Waals surface area (Å²) in [5.74, 6) is -0.255. The fourth-order valence-corrected chi connectivity index (χ4v) is 3.67. The third kappa shape index (κ3) is 4.40. The van der Waals surface area contributed by atoms with E-state index >= 15 is 0 Å². The van der Waals surface area contributed by atoms with Crippen molar-refractivity contribution in [3.8, 4) is 0 Å². The second-order valence-electron chi connectivity index (χ2n) is 7.39. The Kier molecular flexibility index (Phi) is 5.60. The van der Waals surface area contributed by atoms with Crippen molar-refractivity contribution in [2.24, 2.45) is 0 Å². The molecule has 0 unspecified atom stereocenters. The third-order valence-corrected chi connectivity index (χ3v) is 5.23. The first-order valence-corrected chi connectivity index (χ1v) is 9.88. The Labute approximate surface area is 173 Å². The second-order valence-corrected chi connectivity index (χ2v) is 7.39. The lowest BCUT2D eigenvalue weighted by Gasteiger charge is -2.32. The molecule has 2 aromatic heterocycles. The molecule has 1 aliphatic rings. The Morgan fingerprint density at radius 3 is 2.70 bits per heavy atom. The molecule has 3 aromatic rings. The molecule has 1 saturated heterocycles. The van der Waals surface area contributed by atoms with Crippen molar-refractivity contribution in [3.05, 3.63) is 65.9 Å². The van der Waals surface area contributed by atoms with Crippen LogP contribution in [0, 0.1) is 12.7 Å². The van der Waals surface area contributed by atoms with Crippen molar-refractivity contribution in [3.63, 3.8) is 0 Å². The summed E-state index contributed by atoms with van der Waals surface area (Å²) in [4.78, 5) is 26.8. The summed E-state index contributed by atoms with van der Waals surface area (Å²) in [6.45, 7) is 3.35. The van der Waals surface area contributed by atoms with Crippen LogP contribution in [-0.4, -0.2) is 49.4 Å². The van der Waals surface area contributed by atoms with Crippen molar-refractivity contribution < 1.29 is 14.0 Å². The van der Waals surface area contributed by atoms with Crippen LogP contribution in [0.2, 0.25) is 0 Å². The van der Waals surface area contributed by atoms with Crippen molar-refractivity contribution in [1.82, 2.24) is 24.5 Å². The maximum atomic E-state index is 13.4. The highest BCUT2D eigenvalue weighted by molar-refractivity contribution is 6.03. The Hall–Kier alpha value is -3.49. The number of carbonyl (C=O) groups excluding carboxylic acids is 2. The number of nitrogens with one attached hydrogen (secondary N) is 1. The van der Waals surface area contributed by atoms with Gasteiger partial charge in [0, 0.05) is 30.9 Å². The summed E-state index contributed by atoms with van der Waals surface area (Å²) in [5, 5.41) is 11.4. The van der Waals surface area contributed by atoms with Crippen molar-refractivity contribution in [2.45, 2.75) is 32.4 Å². The second kappa shape index (κ2) is 8.48. The predicted octanol–water partition coefficient (Wildman–Crippen LogP) is 2.64. The number of aryl methyl sites for hydroxylation is 1. The first kappa shape index (κ1) is 19.8. The fraction of sp³-hybridized carbons (Fsp3) is 0.333. The van der Waals surface area contributed by atoms with E-state index in [1.165, 1.54) is 18.2 Å². The summed E-state index contributed by atoms with van der Waals surface area (Å²) in [7, 11) is 0. The largest absolute Gasteiger partial charge is 0.341 e. The number of halogens is 1. The Morgan fingerprint density at radius 2 is 2.00 bits per heavy atom. The molecule has 156 valence electrons. The molecule has 0 bridgehead atoms. The van der Waals surface area contributed by atoms with Gasteiger partial charge < -0.3 is 10.2 Å². The van der Waals surface area contributed by atoms with Gasteiger partial charge in [-0.2, -0.15) is 10.2 Å². The summed E-state index contributed by atoms with van der Waals surface area (Å²) in [5.41, 5.74) is 1.13. The first-order chi connectivity index (χ1) is 14.5. The van der Waals surface area contributed by atoms with Gasteiger partial charge in [0.15, 0.2) is 0 Å². The normalized spacial score (nSPS) is 14.7. The predicted molar refractivity (Wildman–Crippen MR) is 108 cm³/mol. The number of nitrogens with zero attached hydrogens (tertiary/aromatic N) is 5. The van der Waals surface area contributed by atoms with Gasteiger partial charge in [0.1, 0.15) is 18.2 Å². The number of hydrogen-bond acceptors (Lipinski definition) is 4. The third-order valence-electron chi connectivity index (χ3n) is 5.23. The Morgan fingerprint density at radius 1 is 1.20 bits per heavy atom. The van der Waals surface area contributed by atoms with Gasteiger partial charge in [-0.3, -0.25) is 14.3 Å². The van der Waals surface area contributed by atoms with E-state index in [9.17, 15) is 14.0 Å². The molecule has 3 heterocycles. The molecule has 1 fully saturated rings. The molecule has 8 nitrogen and oxygen atoms in total. The minimum absolute atomic E-state index is 0.0386. The molecule has 0 atom stereocenters. The van der Waals surface area contributed by atoms with E-state index < -0.39 is 11.7 Å². The van der Waals surface area contributed by atoms with Crippen LogP contribution in [0.5, 0.6) is 0 Å². The van der Waals surface area contributed by atoms with Gasteiger partial charge in [-0.15, -0.1) is 0 Å². The molecule has 1 N–H and O–H groups in total. The SMILES string of the molecule is Cc1ccn(CC(=O)N2CCC(n3nccc3NC(=O)c3cccc(F)c3)CC2)n1. The van der Waals surface area contributed by atoms with Gasteiger partial charge in [0.2, 0.25) is 5.91 Å². The van der Waals surface area contributed by atoms with E-state index in [4.69, 9.17) is 0 Å². The van der Waals surface area contributed by atoms with Gasteiger partial charge in [0.25, 0.3) is 5.91 Å². The number of likely N-dealkylation sites (tertiary alicyclic amines) is 1. The number of aromatic nitrogens is 4. The minimum atomic E-state index is -0.460. The molecular weight excluding hydrogens is 387 g/mol. The molecule has 4 rings (SSSR count). The fourth-order valence-electron chi connectivity index (χ4n) is 3.67. The van der Waals surface area contributed by atoms with E-state index in [1.54, 1.807) is 33.9 Å². The summed E-state index contributed by atoms with van der Waals surface area (Å²) in [6.07, 6.45) is 4.89. The van der Waals surface area contributed by atoms with Crippen LogP contribution in [-0.2, 0) is 11.3 Å². The number of piperidine rings is 1. The summed E-state index contributed by atoms with van der Waals surface area (Å²) >= 11 is 0. The Bertz CT molecular complexity index is 1050. The average molecular weight is 410 g/mol. The number of anilines is 1. The van der Waals surface area contributed by atoms with Gasteiger partial charge >= 0.3 is 0 Å². The molecule has 1 aliphatic heterocycles. The van der Waals surface area contributed by atoms with Crippen LogP contribution < -0.4 is 5.32 Å². The van der Waals surface area contributed by atoms with E-state index in [2.05, 4.69) is 15.5 Å². The topological polar surface area (TPSA) is 85.0 Å². The molecule has 9 heteroatoms. The van der Waals surface area contributed by atoms with Crippen LogP contribution >= 0.6 is 0 Å². The Balaban J connectivity index is 1.36. The van der Waals surface area contributed by atoms with Gasteiger partial charge in [-0.1, -0.05) is 6.07 Å². The molecule has 1 aromatic carbocycles. The molecular formula is C21H23FN6O2. The first-order valence-electron chi connectivity index (χ1n) is 9.88. The highest BCUT2D eigenvalue weighted by atomic mass is 19.1. The smallest absolute Gasteiger partial charge is 0.256 e. The van der Waals surface area contributed by atoms with Crippen molar-refractivity contribution >= 4 is 17.6 Å². The highest BCUT2D eigenvalue weighted by Crippen LogP contribution is 2.26. The van der Waals surface area contributed by atoms with Gasteiger partial charge in [-0.25, -0.2) is 9.07 Å². The lowest BCUT2D eigenvalue weighted by molar-refractivity contribution is -0.133. The number of benzene rings is 1. The summed E-state index contributed by atoms with van der Waals surface area (Å²) in [6, 6.07) is 9.21. The van der Waals surface area contributed by atoms with Gasteiger partial charge in [0.05, 0.1) is 17.9 Å². The summed E-state index contributed by atoms with van der Waals surface area (Å²) < 4.78 is 16.8. The van der Waals surface area contributed by atoms with Crippen LogP contribution in [0.4, 0.5) is 10.2 Å². The number of hydrogen-bond donors (Lipinski definition) is 1. The molecule has 0 saturated carbocycles. The van der Waals surface area contributed by atoms with Crippen LogP contribution in [0.1, 0.15) is 34.9 Å². The zero-order chi connectivity index (χ0) is 21.1. The highest BCUT2D eigenvalue weighted by Gasteiger charge is 2.26. The molecule has 0 radical (unpaired) electrons. The molecule has 0 spiro atoms. The van der Waals surface area contributed by atoms with E-state index in [1.807, 2.05) is 17.9 Å². The van der Waals surface area contributed by atoms with Crippen LogP contribution in [0.25, 0.3) is 0 Å². The maximum Gasteiger partial charge on any atom is 0.256 e. The monoisotopic (exact) mass is 410 g/mol. The van der Waals surface area contributed by atoms with Crippen molar-refractivity contribution in [1.29, 1.82) is 0 Å². The maximum absolute atomic E-state index is 13.4. The van der Waals surface area contributed by atoms with E-state index in [-0.39, 0.29) is 24.1 Å². The van der Waals surface area contributed by atoms with E-state index in [0.29, 0.717) is 18.9 Å². The van der Waals surface area contributed by atoms with Gasteiger partial charge in [-0.05, 0) is 44.0 Å². The molecule has 30 heavy (non-hydrogen) atoms. The minimum Gasteiger partial charge on any atom is -0.341 e. The molecule has 0 aliphatic carbocycles. The number of amides is 2. The van der Waals surface area contributed by atoms with Crippen LogP contribution in [0.15, 0.2) is 48.8 Å². The van der Waals surface area contributed by atoms with Crippen molar-refractivity contribution in [2.75, 3.05) is 18.4 Å². The molecule has 2 amide bonds. The standard InChI is InChI=1S/C21H23FN6O2/c1-15-6-12-27(25-15)14-20(29)26-10-7-18(8-11-26)28-19(5-9-23-28)24-21(30)16-3-2-4-17(22)13-16/h2-6,9,12-13,18H,7-8,10-11,14H2,1H3,(H,24,30). The average Bonchev–Trinajstić information content (AvgIpc) is 3.36. The lowest BCUT2D eigenvalue weighted by atomic mass is 10.1. The quantitative estimate of drug-likeness (QED) is 0.701.